The smallest absolute Gasteiger partial charge is 0.360 e. The molecule has 0 aliphatic carbocycles. The van der Waals surface area contributed by atoms with Gasteiger partial charge in [-0.25, -0.2) is 24.5 Å². The first-order chi connectivity index (χ1) is 9.60. The van der Waals surface area contributed by atoms with Crippen molar-refractivity contribution in [1.29, 1.82) is 0 Å². The van der Waals surface area contributed by atoms with Crippen LogP contribution in [0.2, 0.25) is 0 Å². The summed E-state index contributed by atoms with van der Waals surface area (Å²) >= 11 is 0. The molecule has 104 valence electrons. The Bertz CT molecular complexity index is 639. The van der Waals surface area contributed by atoms with Crippen LogP contribution in [0, 0.1) is 0 Å². The molecule has 2 aromatic heterocycles. The Balaban J connectivity index is 2.01. The van der Waals surface area contributed by atoms with E-state index in [-0.39, 0.29) is 29.8 Å². The summed E-state index contributed by atoms with van der Waals surface area (Å²) < 4.78 is 9.52. The third-order valence-corrected chi connectivity index (χ3v) is 2.22. The number of nitrogens with zero attached hydrogens (tertiary/aromatic N) is 3. The molecule has 0 atom stereocenters. The minimum Gasteiger partial charge on any atom is -0.477 e. The Morgan fingerprint density at radius 2 is 2.20 bits per heavy atom. The van der Waals surface area contributed by atoms with Crippen molar-refractivity contribution in [3.63, 3.8) is 0 Å². The molecule has 0 amide bonds. The molecule has 2 rings (SSSR count). The lowest BCUT2D eigenvalue weighted by atomic mass is 10.4. The fourth-order valence-electron chi connectivity index (χ4n) is 1.31. The van der Waals surface area contributed by atoms with E-state index in [2.05, 4.69) is 25.0 Å². The van der Waals surface area contributed by atoms with Crippen molar-refractivity contribution in [2.24, 2.45) is 0 Å². The Morgan fingerprint density at radius 1 is 1.40 bits per heavy atom. The van der Waals surface area contributed by atoms with Crippen molar-refractivity contribution in [1.82, 2.24) is 15.0 Å². The average Bonchev–Trinajstić information content (AvgIpc) is 2.93. The summed E-state index contributed by atoms with van der Waals surface area (Å²) in [5, 5.41) is 11.5. The molecule has 0 saturated heterocycles. The number of methoxy groups -OCH3 is 1. The highest BCUT2D eigenvalue weighted by Crippen LogP contribution is 2.06. The van der Waals surface area contributed by atoms with E-state index in [1.54, 1.807) is 0 Å². The van der Waals surface area contributed by atoms with Crippen molar-refractivity contribution in [3.8, 4) is 0 Å². The highest BCUT2D eigenvalue weighted by molar-refractivity contribution is 5.86. The predicted molar refractivity (Wildman–Crippen MR) is 64.2 cm³/mol. The number of hydrogen-bond donors (Lipinski definition) is 2. The monoisotopic (exact) mass is 278 g/mol. The Labute approximate surface area is 112 Å². The molecule has 9 nitrogen and oxygen atoms in total. The second kappa shape index (κ2) is 5.78. The maximum Gasteiger partial charge on any atom is 0.360 e. The third kappa shape index (κ3) is 3.07. The summed E-state index contributed by atoms with van der Waals surface area (Å²) in [7, 11) is 1.24. The van der Waals surface area contributed by atoms with Gasteiger partial charge in [0.2, 0.25) is 11.8 Å². The van der Waals surface area contributed by atoms with Crippen molar-refractivity contribution < 1.29 is 23.8 Å². The fraction of sp³-hybridized carbons (Fsp3) is 0.182. The lowest BCUT2D eigenvalue weighted by Gasteiger charge is -2.01. The summed E-state index contributed by atoms with van der Waals surface area (Å²) in [6.45, 7) is 0.0973. The number of carbonyl (C=O) groups excluding carboxylic acids is 1. The number of oxazole rings is 1. The fourth-order valence-corrected chi connectivity index (χ4v) is 1.31. The Kier molecular flexibility index (Phi) is 3.89. The number of aromatic carboxylic acids is 1. The lowest BCUT2D eigenvalue weighted by molar-refractivity contribution is 0.0593. The highest BCUT2D eigenvalue weighted by Gasteiger charge is 2.12. The van der Waals surface area contributed by atoms with E-state index in [1.807, 2.05) is 0 Å². The molecule has 9 heteroatoms. The highest BCUT2D eigenvalue weighted by atomic mass is 16.5. The minimum atomic E-state index is -1.15. The summed E-state index contributed by atoms with van der Waals surface area (Å²) in [6.07, 6.45) is 2.48. The van der Waals surface area contributed by atoms with Crippen LogP contribution < -0.4 is 5.32 Å². The third-order valence-electron chi connectivity index (χ3n) is 2.22. The van der Waals surface area contributed by atoms with Crippen LogP contribution in [-0.2, 0) is 11.3 Å². The van der Waals surface area contributed by atoms with Crippen LogP contribution in [-0.4, -0.2) is 39.1 Å². The Morgan fingerprint density at radius 3 is 2.90 bits per heavy atom. The number of carboxylic acid groups (broad SMARTS) is 1. The minimum absolute atomic E-state index is 0.0458. The van der Waals surface area contributed by atoms with Gasteiger partial charge in [-0.1, -0.05) is 0 Å². The number of carboxylic acids is 1. The summed E-state index contributed by atoms with van der Waals surface area (Å²) in [5.41, 5.74) is -0.0883. The first kappa shape index (κ1) is 13.5. The number of anilines is 1. The van der Waals surface area contributed by atoms with Crippen molar-refractivity contribution in [3.05, 3.63) is 35.8 Å². The molecule has 0 radical (unpaired) electrons. The maximum absolute atomic E-state index is 11.2. The van der Waals surface area contributed by atoms with Crippen LogP contribution in [0.4, 0.5) is 5.95 Å². The van der Waals surface area contributed by atoms with Crippen LogP contribution in [0.25, 0.3) is 0 Å². The summed E-state index contributed by atoms with van der Waals surface area (Å²) in [5.74, 6) is -1.43. The van der Waals surface area contributed by atoms with Gasteiger partial charge in [-0.15, -0.1) is 0 Å². The number of nitrogens with one attached hydrogen (secondary N) is 1. The van der Waals surface area contributed by atoms with E-state index in [0.29, 0.717) is 0 Å². The molecule has 0 aliphatic heterocycles. The van der Waals surface area contributed by atoms with E-state index in [9.17, 15) is 9.59 Å². The van der Waals surface area contributed by atoms with E-state index in [4.69, 9.17) is 9.52 Å². The number of rotatable bonds is 5. The predicted octanol–water partition coefficient (Wildman–Crippen LogP) is 0.561. The number of esters is 1. The van der Waals surface area contributed by atoms with Gasteiger partial charge < -0.3 is 19.6 Å². The van der Waals surface area contributed by atoms with Crippen LogP contribution in [0.5, 0.6) is 0 Å². The quantitative estimate of drug-likeness (QED) is 0.754. The zero-order chi connectivity index (χ0) is 14.5. The van der Waals surface area contributed by atoms with Crippen LogP contribution in [0.1, 0.15) is 26.9 Å². The number of aromatic nitrogens is 3. The molecular weight excluding hydrogens is 268 g/mol. The standard InChI is InChI=1S/C11H10N4O5/c1-19-10(18)7-5-20-8(14-7)4-13-11-12-3-2-6(15-11)9(16)17/h2-3,5H,4H2,1H3,(H,16,17)(H,12,13,15). The van der Waals surface area contributed by atoms with E-state index < -0.39 is 11.9 Å². The molecule has 2 heterocycles. The van der Waals surface area contributed by atoms with Crippen molar-refractivity contribution in [2.75, 3.05) is 12.4 Å². The SMILES string of the molecule is COC(=O)c1coc(CNc2nccc(C(=O)O)n2)n1. The van der Waals surface area contributed by atoms with Gasteiger partial charge in [0, 0.05) is 6.20 Å². The lowest BCUT2D eigenvalue weighted by Crippen LogP contribution is -2.08. The van der Waals surface area contributed by atoms with Crippen molar-refractivity contribution >= 4 is 17.9 Å². The maximum atomic E-state index is 11.2. The molecule has 0 saturated carbocycles. The molecular formula is C11H10N4O5. The van der Waals surface area contributed by atoms with Crippen molar-refractivity contribution in [2.45, 2.75) is 6.54 Å². The van der Waals surface area contributed by atoms with Gasteiger partial charge in [-0.2, -0.15) is 0 Å². The zero-order valence-electron chi connectivity index (χ0n) is 10.4. The first-order valence-electron chi connectivity index (χ1n) is 5.43. The van der Waals surface area contributed by atoms with Gasteiger partial charge in [0.25, 0.3) is 0 Å². The molecule has 2 aromatic rings. The van der Waals surface area contributed by atoms with E-state index >= 15 is 0 Å². The second-order valence-electron chi connectivity index (χ2n) is 3.54. The number of hydrogen-bond acceptors (Lipinski definition) is 8. The van der Waals surface area contributed by atoms with E-state index in [1.165, 1.54) is 19.4 Å². The second-order valence-corrected chi connectivity index (χ2v) is 3.54. The van der Waals surface area contributed by atoms with Gasteiger partial charge in [0.1, 0.15) is 6.26 Å². The molecule has 0 aliphatic rings. The van der Waals surface area contributed by atoms with E-state index in [0.717, 1.165) is 6.26 Å². The van der Waals surface area contributed by atoms with Gasteiger partial charge in [0.05, 0.1) is 13.7 Å². The molecule has 2 N–H and O–H groups in total. The molecule has 0 bridgehead atoms. The van der Waals surface area contributed by atoms with Gasteiger partial charge in [-0.3, -0.25) is 0 Å². The average molecular weight is 278 g/mol. The van der Waals surface area contributed by atoms with Gasteiger partial charge in [-0.05, 0) is 6.07 Å². The number of carbonyl (C=O) groups is 2. The normalized spacial score (nSPS) is 10.1. The number of ether oxygens (including phenoxy) is 1. The Hall–Kier alpha value is -2.97. The van der Waals surface area contributed by atoms with Gasteiger partial charge >= 0.3 is 11.9 Å². The largest absolute Gasteiger partial charge is 0.477 e. The van der Waals surface area contributed by atoms with Crippen LogP contribution >= 0.6 is 0 Å². The van der Waals surface area contributed by atoms with Crippen LogP contribution in [0.15, 0.2) is 22.9 Å². The molecule has 0 fully saturated rings. The first-order valence-corrected chi connectivity index (χ1v) is 5.43. The molecule has 20 heavy (non-hydrogen) atoms. The molecule has 0 aromatic carbocycles. The molecule has 0 unspecified atom stereocenters. The summed E-state index contributed by atoms with van der Waals surface area (Å²) in [4.78, 5) is 33.4. The zero-order valence-corrected chi connectivity index (χ0v) is 10.4. The summed E-state index contributed by atoms with van der Waals surface area (Å²) in [6, 6.07) is 1.27. The molecule has 0 spiro atoms. The van der Waals surface area contributed by atoms with Crippen LogP contribution in [0.3, 0.4) is 0 Å². The topological polar surface area (TPSA) is 127 Å². The van der Waals surface area contributed by atoms with Gasteiger partial charge in [0.15, 0.2) is 11.4 Å².